The number of carboxylic acids is 2. The van der Waals surface area contributed by atoms with Gasteiger partial charge in [0.2, 0.25) is 0 Å². The Hall–Kier alpha value is -1.28. The van der Waals surface area contributed by atoms with E-state index in [9.17, 15) is 14.7 Å². The van der Waals surface area contributed by atoms with Crippen LogP contribution in [0.25, 0.3) is 0 Å². The zero-order valence-corrected chi connectivity index (χ0v) is 19.7. The summed E-state index contributed by atoms with van der Waals surface area (Å²) in [6.45, 7) is 2.21. The van der Waals surface area contributed by atoms with Crippen LogP contribution >= 0.6 is 0 Å². The Morgan fingerprint density at radius 2 is 1.23 bits per heavy atom. The van der Waals surface area contributed by atoms with Gasteiger partial charge in [0.1, 0.15) is 0 Å². The van der Waals surface area contributed by atoms with Crippen molar-refractivity contribution in [3.63, 3.8) is 0 Å². The summed E-state index contributed by atoms with van der Waals surface area (Å²) in [4.78, 5) is 20.5. The first-order chi connectivity index (χ1) is 14.5. The van der Waals surface area contributed by atoms with Gasteiger partial charge in [0, 0.05) is 6.42 Å². The Labute approximate surface area is 202 Å². The van der Waals surface area contributed by atoms with Crippen molar-refractivity contribution >= 4 is 11.9 Å². The van der Waals surface area contributed by atoms with Crippen molar-refractivity contribution < 1.29 is 45.2 Å². The smallest absolute Gasteiger partial charge is 1.00 e. The second-order valence-corrected chi connectivity index (χ2v) is 7.94. The molecule has 174 valence electrons. The summed E-state index contributed by atoms with van der Waals surface area (Å²) in [7, 11) is 0. The van der Waals surface area contributed by atoms with E-state index < -0.39 is 11.9 Å². The Kier molecular flexibility index (Phi) is 24.1. The molecule has 1 aromatic rings. The van der Waals surface area contributed by atoms with Gasteiger partial charge in [0.05, 0.1) is 11.7 Å². The molecule has 31 heavy (non-hydrogen) atoms. The molecule has 0 bridgehead atoms. The Morgan fingerprint density at radius 3 is 1.65 bits per heavy atom. The number of carbonyl (C=O) groups is 2. The number of unbranched alkanes of at least 4 members (excludes halogenated alkanes) is 10. The maximum absolute atomic E-state index is 10.3. The minimum atomic E-state index is -0.879. The molecule has 0 spiro atoms. The van der Waals surface area contributed by atoms with Crippen LogP contribution in [-0.4, -0.2) is 33.4 Å². The summed E-state index contributed by atoms with van der Waals surface area (Å²) >= 11 is 0. The Balaban J connectivity index is -0.000000641. The first-order valence-electron chi connectivity index (χ1n) is 11.7. The number of carboxylic acid groups (broad SMARTS) is 2. The van der Waals surface area contributed by atoms with Crippen LogP contribution in [0.4, 0.5) is 0 Å². The van der Waals surface area contributed by atoms with Crippen LogP contribution in [0.3, 0.4) is 0 Å². The summed E-state index contributed by atoms with van der Waals surface area (Å²) in [5.41, 5.74) is 0.331. The Bertz CT molecular complexity index is 542. The van der Waals surface area contributed by atoms with Crippen LogP contribution in [-0.2, 0) is 4.79 Å². The van der Waals surface area contributed by atoms with E-state index in [1.54, 1.807) is 30.3 Å². The van der Waals surface area contributed by atoms with Crippen molar-refractivity contribution in [1.82, 2.24) is 0 Å². The second-order valence-electron chi connectivity index (χ2n) is 7.94. The number of aliphatic hydroxyl groups is 1. The van der Waals surface area contributed by atoms with E-state index >= 15 is 0 Å². The monoisotopic (exact) mass is 430 g/mol. The van der Waals surface area contributed by atoms with Crippen LogP contribution in [0.5, 0.6) is 0 Å². The molecule has 3 N–H and O–H groups in total. The fourth-order valence-corrected chi connectivity index (χ4v) is 3.25. The zero-order valence-electron chi connectivity index (χ0n) is 20.7. The fraction of sp³-hybridized carbons (Fsp3) is 0.680. The van der Waals surface area contributed by atoms with Gasteiger partial charge in [-0.05, 0) is 31.4 Å². The van der Waals surface area contributed by atoms with Crippen molar-refractivity contribution in [2.24, 2.45) is 0 Å². The van der Waals surface area contributed by atoms with Crippen LogP contribution in [0.2, 0.25) is 0 Å². The van der Waals surface area contributed by atoms with Gasteiger partial charge in [0.15, 0.2) is 0 Å². The van der Waals surface area contributed by atoms with Crippen LogP contribution in [0.1, 0.15) is 115 Å². The molecule has 0 saturated heterocycles. The van der Waals surface area contributed by atoms with Crippen molar-refractivity contribution in [3.05, 3.63) is 35.9 Å². The van der Waals surface area contributed by atoms with Crippen LogP contribution < -0.4 is 18.9 Å². The van der Waals surface area contributed by atoms with E-state index in [0.29, 0.717) is 12.0 Å². The predicted molar refractivity (Wildman–Crippen MR) is 123 cm³/mol. The minimum absolute atomic E-state index is 0. The normalized spacial score (nSPS) is 11.0. The first kappa shape index (κ1) is 31.9. The summed E-state index contributed by atoms with van der Waals surface area (Å²) in [5, 5.41) is 26.7. The van der Waals surface area contributed by atoms with Gasteiger partial charge >= 0.3 is 30.8 Å². The van der Waals surface area contributed by atoms with Crippen molar-refractivity contribution in [2.45, 2.75) is 109 Å². The summed E-state index contributed by atoms with van der Waals surface area (Å²) in [5.74, 6) is -1.56. The van der Waals surface area contributed by atoms with E-state index in [2.05, 4.69) is 6.92 Å². The SMILES string of the molecule is CCCCCCC(O)CCCCCCCCCCC(=O)O.O=C(O)c1ccccc1.[H-].[Li+]. The molecule has 0 aliphatic carbocycles. The number of aromatic carboxylic acids is 1. The topological polar surface area (TPSA) is 94.8 Å². The molecule has 0 aromatic heterocycles. The fourth-order valence-electron chi connectivity index (χ4n) is 3.25. The van der Waals surface area contributed by atoms with E-state index in [4.69, 9.17) is 10.2 Å². The van der Waals surface area contributed by atoms with Gasteiger partial charge in [-0.2, -0.15) is 0 Å². The number of benzene rings is 1. The largest absolute Gasteiger partial charge is 1.00 e. The van der Waals surface area contributed by atoms with Crippen LogP contribution in [0.15, 0.2) is 30.3 Å². The van der Waals surface area contributed by atoms with Gasteiger partial charge < -0.3 is 16.7 Å². The third kappa shape index (κ3) is 23.2. The molecule has 1 rings (SSSR count). The Morgan fingerprint density at radius 1 is 0.774 bits per heavy atom. The third-order valence-corrected chi connectivity index (χ3v) is 5.09. The number of aliphatic hydroxyl groups excluding tert-OH is 1. The zero-order chi connectivity index (χ0) is 22.5. The average molecular weight is 431 g/mol. The van der Waals surface area contributed by atoms with Gasteiger partial charge in [-0.1, -0.05) is 95.8 Å². The minimum Gasteiger partial charge on any atom is -1.00 e. The molecule has 0 fully saturated rings. The summed E-state index contributed by atoms with van der Waals surface area (Å²) in [6.07, 6.45) is 16.3. The van der Waals surface area contributed by atoms with E-state index in [0.717, 1.165) is 38.5 Å². The third-order valence-electron chi connectivity index (χ3n) is 5.09. The summed E-state index contributed by atoms with van der Waals surface area (Å²) in [6, 6.07) is 8.30. The predicted octanol–water partition coefficient (Wildman–Crippen LogP) is 3.80. The number of hydrogen-bond donors (Lipinski definition) is 3. The van der Waals surface area contributed by atoms with Gasteiger partial charge in [-0.15, -0.1) is 0 Å². The quantitative estimate of drug-likeness (QED) is 0.258. The van der Waals surface area contributed by atoms with Crippen molar-refractivity contribution in [1.29, 1.82) is 0 Å². The molecule has 5 nitrogen and oxygen atoms in total. The second kappa shape index (κ2) is 23.4. The van der Waals surface area contributed by atoms with Crippen LogP contribution in [0, 0.1) is 0 Å². The number of aliphatic carboxylic acids is 1. The van der Waals surface area contributed by atoms with Crippen molar-refractivity contribution in [3.8, 4) is 0 Å². The van der Waals surface area contributed by atoms with E-state index in [1.807, 2.05) is 0 Å². The number of rotatable bonds is 17. The molecule has 1 aromatic carbocycles. The molecule has 0 aliphatic heterocycles. The molecular formula is C25H43LiO5. The molecule has 6 heteroatoms. The molecule has 0 aliphatic rings. The van der Waals surface area contributed by atoms with Gasteiger partial charge in [0.25, 0.3) is 0 Å². The molecule has 1 atom stereocenters. The molecule has 0 radical (unpaired) electrons. The van der Waals surface area contributed by atoms with Gasteiger partial charge in [-0.25, -0.2) is 4.79 Å². The van der Waals surface area contributed by atoms with Gasteiger partial charge in [-0.3, -0.25) is 4.79 Å². The maximum Gasteiger partial charge on any atom is 1.00 e. The molecule has 0 amide bonds. The average Bonchev–Trinajstić information content (AvgIpc) is 2.73. The molecule has 0 heterocycles. The first-order valence-corrected chi connectivity index (χ1v) is 11.7. The maximum atomic E-state index is 10.3. The standard InChI is InChI=1S/C18H36O3.C7H6O2.Li.H/c1-2-3-4-11-14-17(19)15-12-9-7-5-6-8-10-13-16-18(20)21;8-7(9)6-4-2-1-3-5-6;;/h17,19H,2-16H2,1H3,(H,20,21);1-5H,(H,8,9);;/q;;+1;-1. The van der Waals surface area contributed by atoms with Crippen molar-refractivity contribution in [2.75, 3.05) is 0 Å². The molecular weight excluding hydrogens is 387 g/mol. The number of hydrogen-bond acceptors (Lipinski definition) is 3. The van der Waals surface area contributed by atoms with E-state index in [1.165, 1.54) is 51.4 Å². The summed E-state index contributed by atoms with van der Waals surface area (Å²) < 4.78 is 0. The molecule has 1 unspecified atom stereocenters. The van der Waals surface area contributed by atoms with E-state index in [-0.39, 0.29) is 26.4 Å². The molecule has 0 saturated carbocycles.